The molecule has 0 aliphatic heterocycles. The van der Waals surface area contributed by atoms with E-state index in [4.69, 9.17) is 9.47 Å². The molecule has 0 spiro atoms. The maximum absolute atomic E-state index is 13.0. The Kier molecular flexibility index (Phi) is 6.18. The molecule has 31 heavy (non-hydrogen) atoms. The van der Waals surface area contributed by atoms with E-state index in [1.165, 1.54) is 6.33 Å². The Labute approximate surface area is 180 Å². The highest BCUT2D eigenvalue weighted by atomic mass is 16.5. The minimum absolute atomic E-state index is 0.430. The second-order valence-corrected chi connectivity index (χ2v) is 6.74. The molecule has 0 aliphatic rings. The number of hydrogen-bond acceptors (Lipinski definition) is 5. The summed E-state index contributed by atoms with van der Waals surface area (Å²) < 4.78 is 12.8. The summed E-state index contributed by atoms with van der Waals surface area (Å²) >= 11 is 0. The summed E-state index contributed by atoms with van der Waals surface area (Å²) in [5.74, 6) is 0.221. The summed E-state index contributed by atoms with van der Waals surface area (Å²) in [6, 6.07) is 26.2. The fourth-order valence-corrected chi connectivity index (χ4v) is 3.15. The number of esters is 1. The van der Waals surface area contributed by atoms with Gasteiger partial charge in [-0.05, 0) is 41.5 Å². The third kappa shape index (κ3) is 4.87. The first-order chi connectivity index (χ1) is 15.2. The summed E-state index contributed by atoms with van der Waals surface area (Å²) in [5.41, 5.74) is 2.87. The molecule has 3 aromatic carbocycles. The van der Waals surface area contributed by atoms with Gasteiger partial charge in [0, 0.05) is 0 Å². The predicted molar refractivity (Wildman–Crippen MR) is 118 cm³/mol. The molecular formula is C25H21N3O3. The molecule has 154 valence electrons. The normalized spacial score (nSPS) is 12.2. The molecule has 1 atom stereocenters. The van der Waals surface area contributed by atoms with Crippen molar-refractivity contribution < 1.29 is 14.3 Å². The Morgan fingerprint density at radius 2 is 1.61 bits per heavy atom. The topological polar surface area (TPSA) is 66.2 Å². The lowest BCUT2D eigenvalue weighted by Gasteiger charge is -2.22. The Hall–Kier alpha value is -4.19. The van der Waals surface area contributed by atoms with E-state index in [9.17, 15) is 4.79 Å². The molecule has 6 heteroatoms. The van der Waals surface area contributed by atoms with Crippen LogP contribution in [0.25, 0.3) is 11.8 Å². The maximum Gasteiger partial charge on any atom is 0.339 e. The monoisotopic (exact) mass is 411 g/mol. The third-order valence-electron chi connectivity index (χ3n) is 4.72. The Morgan fingerprint density at radius 1 is 0.935 bits per heavy atom. The molecular weight excluding hydrogens is 390 g/mol. The largest absolute Gasteiger partial charge is 0.497 e. The van der Waals surface area contributed by atoms with Crippen molar-refractivity contribution in [1.82, 2.24) is 14.8 Å². The number of hydrogen-bond donors (Lipinski definition) is 0. The van der Waals surface area contributed by atoms with Gasteiger partial charge in [0.15, 0.2) is 6.10 Å². The molecule has 0 N–H and O–H groups in total. The van der Waals surface area contributed by atoms with Crippen LogP contribution in [-0.4, -0.2) is 27.8 Å². The van der Waals surface area contributed by atoms with E-state index in [1.54, 1.807) is 42.4 Å². The van der Waals surface area contributed by atoms with Gasteiger partial charge in [0.05, 0.1) is 18.4 Å². The predicted octanol–water partition coefficient (Wildman–Crippen LogP) is 4.88. The number of ether oxygens (including phenoxy) is 2. The van der Waals surface area contributed by atoms with E-state index < -0.39 is 12.1 Å². The average Bonchev–Trinajstić information content (AvgIpc) is 3.37. The lowest BCUT2D eigenvalue weighted by atomic mass is 10.0. The van der Waals surface area contributed by atoms with Gasteiger partial charge in [0.2, 0.25) is 0 Å². The van der Waals surface area contributed by atoms with Gasteiger partial charge in [-0.25, -0.2) is 14.5 Å². The van der Waals surface area contributed by atoms with Gasteiger partial charge < -0.3 is 9.47 Å². The van der Waals surface area contributed by atoms with E-state index in [2.05, 4.69) is 10.1 Å². The molecule has 0 radical (unpaired) electrons. The van der Waals surface area contributed by atoms with E-state index in [0.29, 0.717) is 17.0 Å². The van der Waals surface area contributed by atoms with Crippen LogP contribution in [-0.2, 0) is 4.74 Å². The van der Waals surface area contributed by atoms with Crippen molar-refractivity contribution in [2.75, 3.05) is 7.11 Å². The van der Waals surface area contributed by atoms with Crippen LogP contribution in [0.5, 0.6) is 5.75 Å². The van der Waals surface area contributed by atoms with Crippen molar-refractivity contribution in [1.29, 1.82) is 0 Å². The van der Waals surface area contributed by atoms with Gasteiger partial charge in [-0.15, -0.1) is 0 Å². The number of carbonyl (C=O) groups is 1. The van der Waals surface area contributed by atoms with Crippen molar-refractivity contribution in [3.8, 4) is 5.75 Å². The SMILES string of the molecule is COc1ccc(C(=O)OC(/C(=C\c2ccccc2)n2cncn2)c2ccccc2)cc1. The lowest BCUT2D eigenvalue weighted by Crippen LogP contribution is -2.17. The minimum Gasteiger partial charge on any atom is -0.497 e. The highest BCUT2D eigenvalue weighted by molar-refractivity contribution is 5.90. The minimum atomic E-state index is -0.697. The van der Waals surface area contributed by atoms with Gasteiger partial charge in [-0.3, -0.25) is 0 Å². The molecule has 0 bridgehead atoms. The quantitative estimate of drug-likeness (QED) is 0.405. The number of methoxy groups -OCH3 is 1. The molecule has 1 unspecified atom stereocenters. The number of rotatable bonds is 7. The standard InChI is InChI=1S/C25H21N3O3/c1-30-22-14-12-21(13-15-22)25(29)31-24(20-10-6-3-7-11-20)23(28-18-26-17-27-28)16-19-8-4-2-5-9-19/h2-18,24H,1H3/b23-16+. The maximum atomic E-state index is 13.0. The lowest BCUT2D eigenvalue weighted by molar-refractivity contribution is 0.0399. The van der Waals surface area contributed by atoms with Crippen LogP contribution in [0.4, 0.5) is 0 Å². The molecule has 6 nitrogen and oxygen atoms in total. The van der Waals surface area contributed by atoms with Gasteiger partial charge in [0.1, 0.15) is 18.4 Å². The molecule has 1 aromatic heterocycles. The Bertz CT molecular complexity index is 1140. The zero-order valence-corrected chi connectivity index (χ0v) is 17.0. The zero-order valence-electron chi connectivity index (χ0n) is 17.0. The zero-order chi connectivity index (χ0) is 21.5. The van der Waals surface area contributed by atoms with Crippen molar-refractivity contribution >= 4 is 17.7 Å². The van der Waals surface area contributed by atoms with Crippen LogP contribution >= 0.6 is 0 Å². The molecule has 1 heterocycles. The van der Waals surface area contributed by atoms with E-state index in [0.717, 1.165) is 11.1 Å². The fraction of sp³-hybridized carbons (Fsp3) is 0.0800. The molecule has 0 aliphatic carbocycles. The summed E-state index contributed by atoms with van der Waals surface area (Å²) in [6.07, 6.45) is 4.28. The van der Waals surface area contributed by atoms with E-state index in [-0.39, 0.29) is 0 Å². The molecule has 0 amide bonds. The Morgan fingerprint density at radius 3 is 2.23 bits per heavy atom. The highest BCUT2D eigenvalue weighted by Gasteiger charge is 2.24. The number of carbonyl (C=O) groups excluding carboxylic acids is 1. The number of benzene rings is 3. The van der Waals surface area contributed by atoms with Crippen LogP contribution in [0.3, 0.4) is 0 Å². The average molecular weight is 411 g/mol. The molecule has 0 fully saturated rings. The van der Waals surface area contributed by atoms with Gasteiger partial charge in [0.25, 0.3) is 0 Å². The number of aromatic nitrogens is 3. The second-order valence-electron chi connectivity index (χ2n) is 6.74. The second kappa shape index (κ2) is 9.54. The van der Waals surface area contributed by atoms with Crippen LogP contribution < -0.4 is 4.74 Å². The van der Waals surface area contributed by atoms with Gasteiger partial charge >= 0.3 is 5.97 Å². The summed E-state index contributed by atoms with van der Waals surface area (Å²) in [4.78, 5) is 17.1. The third-order valence-corrected chi connectivity index (χ3v) is 4.72. The van der Waals surface area contributed by atoms with Crippen LogP contribution in [0.2, 0.25) is 0 Å². The Balaban J connectivity index is 1.75. The molecule has 0 saturated heterocycles. The highest BCUT2D eigenvalue weighted by Crippen LogP contribution is 2.31. The van der Waals surface area contributed by atoms with Gasteiger partial charge in [-0.2, -0.15) is 5.10 Å². The fourth-order valence-electron chi connectivity index (χ4n) is 3.15. The first-order valence-electron chi connectivity index (χ1n) is 9.76. The molecule has 4 rings (SSSR count). The summed E-state index contributed by atoms with van der Waals surface area (Å²) in [5, 5.41) is 4.29. The smallest absolute Gasteiger partial charge is 0.339 e. The summed E-state index contributed by atoms with van der Waals surface area (Å²) in [6.45, 7) is 0. The summed E-state index contributed by atoms with van der Waals surface area (Å²) in [7, 11) is 1.58. The van der Waals surface area contributed by atoms with Crippen molar-refractivity contribution in [2.45, 2.75) is 6.10 Å². The van der Waals surface area contributed by atoms with Crippen molar-refractivity contribution in [3.05, 3.63) is 114 Å². The van der Waals surface area contributed by atoms with E-state index in [1.807, 2.05) is 66.7 Å². The van der Waals surface area contributed by atoms with E-state index >= 15 is 0 Å². The molecule has 0 saturated carbocycles. The van der Waals surface area contributed by atoms with Gasteiger partial charge in [-0.1, -0.05) is 60.7 Å². The van der Waals surface area contributed by atoms with Crippen LogP contribution in [0.1, 0.15) is 27.6 Å². The van der Waals surface area contributed by atoms with Crippen molar-refractivity contribution in [3.63, 3.8) is 0 Å². The molecule has 4 aromatic rings. The van der Waals surface area contributed by atoms with Crippen LogP contribution in [0.15, 0.2) is 97.6 Å². The first kappa shape index (κ1) is 20.1. The first-order valence-corrected chi connectivity index (χ1v) is 9.76. The van der Waals surface area contributed by atoms with Crippen LogP contribution in [0, 0.1) is 0 Å². The number of nitrogens with zero attached hydrogens (tertiary/aromatic N) is 3. The van der Waals surface area contributed by atoms with Crippen molar-refractivity contribution in [2.24, 2.45) is 0 Å².